The highest BCUT2D eigenvalue weighted by molar-refractivity contribution is 7.89. The molecule has 1 rings (SSSR count). The highest BCUT2D eigenvalue weighted by Gasteiger charge is 2.25. The number of ether oxygens (including phenoxy) is 1. The minimum absolute atomic E-state index is 0.0932. The average molecular weight is 340 g/mol. The van der Waals surface area contributed by atoms with Gasteiger partial charge in [-0.2, -0.15) is 4.31 Å². The maximum Gasteiger partial charge on any atom is 0.244 e. The molecule has 0 N–H and O–H groups in total. The largest absolute Gasteiger partial charge is 0.380 e. The first kappa shape index (κ1) is 17.7. The van der Waals surface area contributed by atoms with Crippen LogP contribution < -0.4 is 0 Å². The molecule has 0 bridgehead atoms. The maximum absolute atomic E-state index is 12.6. The zero-order valence-corrected chi connectivity index (χ0v) is 13.9. The summed E-state index contributed by atoms with van der Waals surface area (Å²) in [5, 5.41) is 0.203. The summed E-state index contributed by atoms with van der Waals surface area (Å²) in [5.74, 6) is 0.241. The molecule has 114 valence electrons. The van der Waals surface area contributed by atoms with E-state index < -0.39 is 10.0 Å². The van der Waals surface area contributed by atoms with Crippen LogP contribution in [0, 0.1) is 0 Å². The molecule has 7 heteroatoms. The van der Waals surface area contributed by atoms with Gasteiger partial charge in [0.25, 0.3) is 0 Å². The monoisotopic (exact) mass is 339 g/mol. The number of nitrogens with zero attached hydrogens (tertiary/aromatic N) is 1. The Kier molecular flexibility index (Phi) is 7.26. The van der Waals surface area contributed by atoms with E-state index in [1.807, 2.05) is 6.92 Å². The lowest BCUT2D eigenvalue weighted by Gasteiger charge is -2.21. The molecule has 0 saturated heterocycles. The second kappa shape index (κ2) is 8.20. The van der Waals surface area contributed by atoms with Crippen LogP contribution in [0.3, 0.4) is 0 Å². The third-order valence-corrected chi connectivity index (χ3v) is 5.57. The minimum atomic E-state index is -3.63. The summed E-state index contributed by atoms with van der Waals surface area (Å²) in [6, 6.07) is 4.79. The Morgan fingerprint density at radius 3 is 2.55 bits per heavy atom. The number of alkyl halides is 1. The third-order valence-electron chi connectivity index (χ3n) is 2.81. The van der Waals surface area contributed by atoms with Crippen molar-refractivity contribution in [2.75, 3.05) is 26.3 Å². The average Bonchev–Trinajstić information content (AvgIpc) is 2.43. The third kappa shape index (κ3) is 4.33. The fourth-order valence-electron chi connectivity index (χ4n) is 1.73. The summed E-state index contributed by atoms with van der Waals surface area (Å²) in [5.41, 5.74) is 0.718. The van der Waals surface area contributed by atoms with Crippen LogP contribution in [0.5, 0.6) is 0 Å². The molecular formula is C13H19Cl2NO3S. The van der Waals surface area contributed by atoms with Crippen LogP contribution in [0.1, 0.15) is 19.4 Å². The first-order valence-electron chi connectivity index (χ1n) is 6.39. The Morgan fingerprint density at radius 1 is 1.30 bits per heavy atom. The zero-order chi connectivity index (χ0) is 15.2. The summed E-state index contributed by atoms with van der Waals surface area (Å²) in [7, 11) is -3.63. The summed E-state index contributed by atoms with van der Waals surface area (Å²) >= 11 is 11.8. The van der Waals surface area contributed by atoms with Crippen LogP contribution in [0.15, 0.2) is 23.1 Å². The predicted molar refractivity (Wildman–Crippen MR) is 81.9 cm³/mol. The van der Waals surface area contributed by atoms with Crippen molar-refractivity contribution < 1.29 is 13.2 Å². The van der Waals surface area contributed by atoms with Crippen molar-refractivity contribution in [3.8, 4) is 0 Å². The van der Waals surface area contributed by atoms with Gasteiger partial charge in [-0.05, 0) is 24.6 Å². The van der Waals surface area contributed by atoms with Crippen LogP contribution >= 0.6 is 23.2 Å². The molecule has 0 atom stereocenters. The lowest BCUT2D eigenvalue weighted by Crippen LogP contribution is -2.34. The molecular weight excluding hydrogens is 321 g/mol. The molecule has 0 aromatic heterocycles. The predicted octanol–water partition coefficient (Wildman–Crippen LogP) is 3.13. The first-order valence-corrected chi connectivity index (χ1v) is 8.74. The molecule has 0 aliphatic carbocycles. The molecule has 0 amide bonds. The fourth-order valence-corrected chi connectivity index (χ4v) is 3.85. The van der Waals surface area contributed by atoms with Gasteiger partial charge in [0.05, 0.1) is 11.6 Å². The quantitative estimate of drug-likeness (QED) is 0.540. The van der Waals surface area contributed by atoms with Gasteiger partial charge in [-0.3, -0.25) is 0 Å². The van der Waals surface area contributed by atoms with Gasteiger partial charge in [0.15, 0.2) is 0 Å². The summed E-state index contributed by atoms with van der Waals surface area (Å²) in [6.45, 7) is 5.22. The van der Waals surface area contributed by atoms with E-state index in [1.165, 1.54) is 10.4 Å². The topological polar surface area (TPSA) is 46.6 Å². The number of halogens is 2. The molecule has 0 radical (unpaired) electrons. The van der Waals surface area contributed by atoms with E-state index in [1.54, 1.807) is 19.1 Å². The van der Waals surface area contributed by atoms with Crippen LogP contribution in [0.2, 0.25) is 5.02 Å². The summed E-state index contributed by atoms with van der Waals surface area (Å²) < 4.78 is 31.7. The van der Waals surface area contributed by atoms with Gasteiger partial charge < -0.3 is 4.74 Å². The molecule has 0 aliphatic rings. The second-order valence-corrected chi connectivity index (χ2v) is 6.67. The van der Waals surface area contributed by atoms with Crippen molar-refractivity contribution in [2.24, 2.45) is 0 Å². The number of hydrogen-bond donors (Lipinski definition) is 0. The lowest BCUT2D eigenvalue weighted by molar-refractivity contribution is 0.135. The van der Waals surface area contributed by atoms with E-state index >= 15 is 0 Å². The van der Waals surface area contributed by atoms with Crippen LogP contribution in [-0.4, -0.2) is 39.0 Å². The first-order chi connectivity index (χ1) is 9.47. The normalized spacial score (nSPS) is 12.1. The van der Waals surface area contributed by atoms with Gasteiger partial charge in [0, 0.05) is 25.6 Å². The lowest BCUT2D eigenvalue weighted by atomic mass is 10.2. The van der Waals surface area contributed by atoms with Gasteiger partial charge in [-0.1, -0.05) is 24.6 Å². The van der Waals surface area contributed by atoms with Crippen LogP contribution in [0.25, 0.3) is 0 Å². The molecule has 0 fully saturated rings. The van der Waals surface area contributed by atoms with Gasteiger partial charge in [0.1, 0.15) is 4.90 Å². The fraction of sp³-hybridized carbons (Fsp3) is 0.538. The number of likely N-dealkylation sites (N-methyl/N-ethyl adjacent to an activating group) is 1. The maximum atomic E-state index is 12.6. The molecule has 1 aromatic carbocycles. The van der Waals surface area contributed by atoms with E-state index in [-0.39, 0.29) is 15.8 Å². The Morgan fingerprint density at radius 2 is 2.00 bits per heavy atom. The Labute approximate surface area is 130 Å². The van der Waals surface area contributed by atoms with E-state index in [0.717, 1.165) is 5.56 Å². The van der Waals surface area contributed by atoms with Gasteiger partial charge in [-0.25, -0.2) is 8.42 Å². The molecule has 0 heterocycles. The van der Waals surface area contributed by atoms with E-state index in [9.17, 15) is 8.42 Å². The van der Waals surface area contributed by atoms with Crippen molar-refractivity contribution in [3.63, 3.8) is 0 Å². The SMILES string of the molecule is CCOCCN(CC)S(=O)(=O)c1cc(CCl)ccc1Cl. The molecule has 0 spiro atoms. The van der Waals surface area contributed by atoms with Gasteiger partial charge in [-0.15, -0.1) is 11.6 Å². The van der Waals surface area contributed by atoms with E-state index in [4.69, 9.17) is 27.9 Å². The van der Waals surface area contributed by atoms with Crippen LogP contribution in [0.4, 0.5) is 0 Å². The molecule has 0 saturated carbocycles. The molecule has 1 aromatic rings. The Bertz CT molecular complexity index is 534. The second-order valence-electron chi connectivity index (χ2n) is 4.09. The molecule has 0 aliphatic heterocycles. The minimum Gasteiger partial charge on any atom is -0.380 e. The zero-order valence-electron chi connectivity index (χ0n) is 11.6. The number of sulfonamides is 1. The van der Waals surface area contributed by atoms with Gasteiger partial charge >= 0.3 is 0 Å². The molecule has 20 heavy (non-hydrogen) atoms. The smallest absolute Gasteiger partial charge is 0.244 e. The van der Waals surface area contributed by atoms with Crippen molar-refractivity contribution >= 4 is 33.2 Å². The standard InChI is InChI=1S/C13H19Cl2NO3S/c1-3-16(7-8-19-4-2)20(17,18)13-9-11(10-14)5-6-12(13)15/h5-6,9H,3-4,7-8,10H2,1-2H3. The van der Waals surface area contributed by atoms with E-state index in [2.05, 4.69) is 0 Å². The van der Waals surface area contributed by atoms with Crippen molar-refractivity contribution in [1.29, 1.82) is 0 Å². The summed E-state index contributed by atoms with van der Waals surface area (Å²) in [6.07, 6.45) is 0. The molecule has 0 unspecified atom stereocenters. The number of rotatable bonds is 8. The van der Waals surface area contributed by atoms with E-state index in [0.29, 0.717) is 26.3 Å². The summed E-state index contributed by atoms with van der Waals surface area (Å²) in [4.78, 5) is 0.0932. The Hall–Kier alpha value is -0.330. The van der Waals surface area contributed by atoms with Crippen molar-refractivity contribution in [1.82, 2.24) is 4.31 Å². The van der Waals surface area contributed by atoms with Crippen LogP contribution in [-0.2, 0) is 20.6 Å². The number of hydrogen-bond acceptors (Lipinski definition) is 3. The van der Waals surface area contributed by atoms with Crippen molar-refractivity contribution in [3.05, 3.63) is 28.8 Å². The van der Waals surface area contributed by atoms with Gasteiger partial charge in [0.2, 0.25) is 10.0 Å². The number of benzene rings is 1. The highest BCUT2D eigenvalue weighted by atomic mass is 35.5. The Balaban J connectivity index is 3.07. The molecule has 4 nitrogen and oxygen atoms in total. The van der Waals surface area contributed by atoms with Crippen molar-refractivity contribution in [2.45, 2.75) is 24.6 Å². The highest BCUT2D eigenvalue weighted by Crippen LogP contribution is 2.26.